The van der Waals surface area contributed by atoms with Gasteiger partial charge in [-0.05, 0) is 42.9 Å². The van der Waals surface area contributed by atoms with Gasteiger partial charge in [0.15, 0.2) is 0 Å². The molecule has 2 rings (SSSR count). The third kappa shape index (κ3) is 8.32. The summed E-state index contributed by atoms with van der Waals surface area (Å²) in [5.41, 5.74) is 3.66. The average Bonchev–Trinajstić information content (AvgIpc) is 2.77. The molecule has 0 spiro atoms. The Kier molecular flexibility index (Phi) is 11.1. The molecular formula is C27H41NO. The topological polar surface area (TPSA) is 32.3 Å². The van der Waals surface area contributed by atoms with Gasteiger partial charge in [-0.3, -0.25) is 0 Å². The van der Waals surface area contributed by atoms with Crippen LogP contribution in [0.1, 0.15) is 101 Å². The Morgan fingerprint density at radius 2 is 1.41 bits per heavy atom. The fourth-order valence-electron chi connectivity index (χ4n) is 3.95. The molecule has 2 N–H and O–H groups in total. The molecule has 0 heterocycles. The summed E-state index contributed by atoms with van der Waals surface area (Å²) in [6.45, 7) is 6.67. The van der Waals surface area contributed by atoms with Gasteiger partial charge in [0, 0.05) is 12.1 Å². The van der Waals surface area contributed by atoms with Crippen LogP contribution in [0.4, 0.5) is 0 Å². The van der Waals surface area contributed by atoms with E-state index in [4.69, 9.17) is 0 Å². The van der Waals surface area contributed by atoms with Crippen molar-refractivity contribution in [2.45, 2.75) is 96.7 Å². The van der Waals surface area contributed by atoms with E-state index < -0.39 is 6.10 Å². The van der Waals surface area contributed by atoms with Crippen LogP contribution >= 0.6 is 0 Å². The maximum atomic E-state index is 11.2. The van der Waals surface area contributed by atoms with Gasteiger partial charge in [-0.2, -0.15) is 0 Å². The van der Waals surface area contributed by atoms with E-state index in [1.165, 1.54) is 49.7 Å². The van der Waals surface area contributed by atoms with Gasteiger partial charge in [0.1, 0.15) is 0 Å². The van der Waals surface area contributed by atoms with E-state index >= 15 is 0 Å². The lowest BCUT2D eigenvalue weighted by molar-refractivity contribution is 0.116. The molecule has 160 valence electrons. The summed E-state index contributed by atoms with van der Waals surface area (Å²) in [6.07, 6.45) is 10.3. The van der Waals surface area contributed by atoms with Gasteiger partial charge < -0.3 is 10.4 Å². The number of hydrogen-bond donors (Lipinski definition) is 2. The first-order valence-corrected chi connectivity index (χ1v) is 11.7. The Bertz CT molecular complexity index is 652. The number of unbranched alkanes of at least 4 members (excludes halogenated alkanes) is 5. The highest BCUT2D eigenvalue weighted by Gasteiger charge is 2.22. The molecule has 0 saturated heterocycles. The Hall–Kier alpha value is -1.64. The summed E-state index contributed by atoms with van der Waals surface area (Å²) >= 11 is 0. The zero-order valence-electron chi connectivity index (χ0n) is 18.7. The fraction of sp³-hybridized carbons (Fsp3) is 0.556. The average molecular weight is 396 g/mol. The molecule has 0 aliphatic carbocycles. The van der Waals surface area contributed by atoms with E-state index in [0.717, 1.165) is 24.8 Å². The third-order valence-corrected chi connectivity index (χ3v) is 5.90. The highest BCUT2D eigenvalue weighted by Crippen LogP contribution is 2.25. The molecule has 0 saturated carbocycles. The second kappa shape index (κ2) is 13.6. The Morgan fingerprint density at radius 3 is 2.07 bits per heavy atom. The van der Waals surface area contributed by atoms with Crippen LogP contribution in [-0.4, -0.2) is 11.1 Å². The smallest absolute Gasteiger partial charge is 0.0943 e. The van der Waals surface area contributed by atoms with Crippen molar-refractivity contribution in [3.05, 3.63) is 71.3 Å². The predicted molar refractivity (Wildman–Crippen MR) is 125 cm³/mol. The Morgan fingerprint density at radius 1 is 0.759 bits per heavy atom. The summed E-state index contributed by atoms with van der Waals surface area (Å²) in [5.74, 6) is 0. The number of benzene rings is 2. The van der Waals surface area contributed by atoms with Crippen LogP contribution in [0.5, 0.6) is 0 Å². The van der Waals surface area contributed by atoms with E-state index in [-0.39, 0.29) is 12.1 Å². The normalized spacial score (nSPS) is 14.5. The second-order valence-electron chi connectivity index (χ2n) is 8.40. The first-order chi connectivity index (χ1) is 14.2. The van der Waals surface area contributed by atoms with E-state index in [1.807, 2.05) is 0 Å². The molecule has 0 fully saturated rings. The van der Waals surface area contributed by atoms with Crippen LogP contribution in [0.15, 0.2) is 54.6 Å². The van der Waals surface area contributed by atoms with Crippen molar-refractivity contribution in [1.82, 2.24) is 5.32 Å². The molecule has 2 aromatic carbocycles. The fourth-order valence-corrected chi connectivity index (χ4v) is 3.95. The highest BCUT2D eigenvalue weighted by atomic mass is 16.3. The molecule has 3 unspecified atom stereocenters. The predicted octanol–water partition coefficient (Wildman–Crippen LogP) is 7.14. The summed E-state index contributed by atoms with van der Waals surface area (Å²) in [4.78, 5) is 0. The lowest BCUT2D eigenvalue weighted by Gasteiger charge is -2.28. The molecule has 2 heteroatoms. The Labute approximate surface area is 178 Å². The van der Waals surface area contributed by atoms with Gasteiger partial charge in [-0.1, -0.05) is 107 Å². The molecule has 2 aromatic rings. The number of aliphatic hydroxyl groups is 1. The minimum atomic E-state index is -0.479. The number of nitrogens with one attached hydrogen (secondary N) is 1. The van der Waals surface area contributed by atoms with Crippen LogP contribution in [0.25, 0.3) is 0 Å². The minimum Gasteiger partial charge on any atom is -0.387 e. The van der Waals surface area contributed by atoms with Crippen molar-refractivity contribution in [3.63, 3.8) is 0 Å². The molecule has 3 atom stereocenters. The van der Waals surface area contributed by atoms with E-state index in [9.17, 15) is 5.11 Å². The molecule has 29 heavy (non-hydrogen) atoms. The first kappa shape index (κ1) is 23.6. The molecule has 0 aromatic heterocycles. The molecule has 0 aliphatic heterocycles. The molecule has 0 aliphatic rings. The number of aryl methyl sites for hydroxylation is 1. The maximum absolute atomic E-state index is 11.2. The highest BCUT2D eigenvalue weighted by molar-refractivity contribution is 5.26. The lowest BCUT2D eigenvalue weighted by Crippen LogP contribution is -2.36. The van der Waals surface area contributed by atoms with Gasteiger partial charge in [0.25, 0.3) is 0 Å². The summed E-state index contributed by atoms with van der Waals surface area (Å²) < 4.78 is 0. The molecular weight excluding hydrogens is 354 g/mol. The van der Waals surface area contributed by atoms with Gasteiger partial charge in [0.05, 0.1) is 6.10 Å². The molecule has 0 radical (unpaired) electrons. The van der Waals surface area contributed by atoms with E-state index in [1.54, 1.807) is 0 Å². The maximum Gasteiger partial charge on any atom is 0.0943 e. The third-order valence-electron chi connectivity index (χ3n) is 5.90. The number of rotatable bonds is 14. The number of aliphatic hydroxyl groups excluding tert-OH is 1. The Balaban J connectivity index is 2.03. The van der Waals surface area contributed by atoms with Crippen LogP contribution in [-0.2, 0) is 6.42 Å². The summed E-state index contributed by atoms with van der Waals surface area (Å²) in [6, 6.07) is 19.4. The number of hydrogen-bond acceptors (Lipinski definition) is 2. The SMILES string of the molecule is CCCCCCCC(NC(C)c1ccccc1)C(O)c1ccc(CCCC)cc1. The van der Waals surface area contributed by atoms with Crippen molar-refractivity contribution >= 4 is 0 Å². The largest absolute Gasteiger partial charge is 0.387 e. The van der Waals surface area contributed by atoms with Crippen LogP contribution < -0.4 is 5.32 Å². The summed E-state index contributed by atoms with van der Waals surface area (Å²) in [7, 11) is 0. The van der Waals surface area contributed by atoms with Crippen molar-refractivity contribution in [2.24, 2.45) is 0 Å². The van der Waals surface area contributed by atoms with E-state index in [0.29, 0.717) is 0 Å². The van der Waals surface area contributed by atoms with Crippen LogP contribution in [0.2, 0.25) is 0 Å². The monoisotopic (exact) mass is 395 g/mol. The molecule has 2 nitrogen and oxygen atoms in total. The quantitative estimate of drug-likeness (QED) is 0.333. The van der Waals surface area contributed by atoms with Gasteiger partial charge in [0.2, 0.25) is 0 Å². The summed E-state index contributed by atoms with van der Waals surface area (Å²) in [5, 5.41) is 14.9. The zero-order valence-corrected chi connectivity index (χ0v) is 18.7. The minimum absolute atomic E-state index is 0.0633. The molecule has 0 amide bonds. The van der Waals surface area contributed by atoms with Gasteiger partial charge in [-0.25, -0.2) is 0 Å². The van der Waals surface area contributed by atoms with Crippen LogP contribution in [0.3, 0.4) is 0 Å². The van der Waals surface area contributed by atoms with Crippen molar-refractivity contribution in [2.75, 3.05) is 0 Å². The molecule has 0 bridgehead atoms. The van der Waals surface area contributed by atoms with Crippen LogP contribution in [0, 0.1) is 0 Å². The van der Waals surface area contributed by atoms with E-state index in [2.05, 4.69) is 80.7 Å². The zero-order chi connectivity index (χ0) is 20.9. The second-order valence-corrected chi connectivity index (χ2v) is 8.40. The van der Waals surface area contributed by atoms with Crippen molar-refractivity contribution in [1.29, 1.82) is 0 Å². The lowest BCUT2D eigenvalue weighted by atomic mass is 9.94. The standard InChI is InChI=1S/C27H41NO/c1-4-6-8-9-13-17-26(28-22(3)24-15-11-10-12-16-24)27(29)25-20-18-23(19-21-25)14-7-5-2/h10-12,15-16,18-22,26-29H,4-9,13-14,17H2,1-3H3. The van der Waals surface area contributed by atoms with Gasteiger partial charge >= 0.3 is 0 Å². The van der Waals surface area contributed by atoms with Crippen molar-refractivity contribution in [3.8, 4) is 0 Å². The van der Waals surface area contributed by atoms with Gasteiger partial charge in [-0.15, -0.1) is 0 Å². The van der Waals surface area contributed by atoms with Crippen molar-refractivity contribution < 1.29 is 5.11 Å². The first-order valence-electron chi connectivity index (χ1n) is 11.7.